The normalized spacial score (nSPS) is 19.3. The van der Waals surface area contributed by atoms with Crippen molar-refractivity contribution in [1.29, 1.82) is 0 Å². The van der Waals surface area contributed by atoms with Crippen molar-refractivity contribution < 1.29 is 9.53 Å². The minimum absolute atomic E-state index is 0.0293. The van der Waals surface area contributed by atoms with Crippen molar-refractivity contribution in [1.82, 2.24) is 10.2 Å². The molecule has 0 bridgehead atoms. The molecule has 0 aliphatic carbocycles. The Morgan fingerprint density at radius 1 is 1.58 bits per heavy atom. The highest BCUT2D eigenvalue weighted by Crippen LogP contribution is 2.21. The molecule has 1 atom stereocenters. The molecule has 0 spiro atoms. The number of hydrogen-bond donors (Lipinski definition) is 1. The van der Waals surface area contributed by atoms with Gasteiger partial charge in [-0.2, -0.15) is 0 Å². The van der Waals surface area contributed by atoms with Crippen LogP contribution in [0.3, 0.4) is 0 Å². The van der Waals surface area contributed by atoms with Gasteiger partial charge in [-0.25, -0.2) is 0 Å². The number of benzene rings is 1. The van der Waals surface area contributed by atoms with Gasteiger partial charge in [-0.15, -0.1) is 0 Å². The predicted octanol–water partition coefficient (Wildman–Crippen LogP) is 1.85. The van der Waals surface area contributed by atoms with Gasteiger partial charge in [0.05, 0.1) is 0 Å². The van der Waals surface area contributed by atoms with E-state index in [1.165, 1.54) is 0 Å². The Morgan fingerprint density at radius 3 is 3.05 bits per heavy atom. The van der Waals surface area contributed by atoms with E-state index in [0.717, 1.165) is 25.2 Å². The average Bonchev–Trinajstić information content (AvgIpc) is 2.40. The van der Waals surface area contributed by atoms with Crippen LogP contribution in [-0.2, 0) is 4.79 Å². The van der Waals surface area contributed by atoms with Gasteiger partial charge in [0.15, 0.2) is 6.61 Å². The highest BCUT2D eigenvalue weighted by molar-refractivity contribution is 6.31. The first-order valence-corrected chi connectivity index (χ1v) is 6.85. The molecule has 104 valence electrons. The second-order valence-corrected chi connectivity index (χ2v) is 5.25. The second-order valence-electron chi connectivity index (χ2n) is 4.84. The molecule has 1 aromatic rings. The number of rotatable bonds is 3. The molecule has 1 unspecified atom stereocenters. The van der Waals surface area contributed by atoms with Gasteiger partial charge in [-0.3, -0.25) is 4.79 Å². The zero-order valence-corrected chi connectivity index (χ0v) is 12.0. The van der Waals surface area contributed by atoms with Gasteiger partial charge in [-0.1, -0.05) is 11.6 Å². The third-order valence-electron chi connectivity index (χ3n) is 3.31. The van der Waals surface area contributed by atoms with Crippen LogP contribution in [0.1, 0.15) is 12.5 Å². The number of nitrogens with one attached hydrogen (secondary N) is 1. The first-order chi connectivity index (χ1) is 9.08. The van der Waals surface area contributed by atoms with Crippen molar-refractivity contribution in [3.63, 3.8) is 0 Å². The van der Waals surface area contributed by atoms with Gasteiger partial charge in [0.2, 0.25) is 0 Å². The smallest absolute Gasteiger partial charge is 0.260 e. The van der Waals surface area contributed by atoms with E-state index >= 15 is 0 Å². The third kappa shape index (κ3) is 3.61. The van der Waals surface area contributed by atoms with Crippen molar-refractivity contribution in [2.75, 3.05) is 26.2 Å². The van der Waals surface area contributed by atoms with Crippen LogP contribution in [0, 0.1) is 6.92 Å². The molecule has 1 saturated heterocycles. The highest BCUT2D eigenvalue weighted by Gasteiger charge is 2.23. The summed E-state index contributed by atoms with van der Waals surface area (Å²) in [5.74, 6) is 0.708. The molecule has 1 aliphatic heterocycles. The number of aryl methyl sites for hydroxylation is 1. The van der Waals surface area contributed by atoms with Crippen molar-refractivity contribution in [3.05, 3.63) is 28.8 Å². The van der Waals surface area contributed by atoms with Gasteiger partial charge < -0.3 is 15.0 Å². The number of piperazine rings is 1. The summed E-state index contributed by atoms with van der Waals surface area (Å²) in [4.78, 5) is 13.9. The molecule has 1 N–H and O–H groups in total. The molecule has 1 amide bonds. The van der Waals surface area contributed by atoms with Crippen LogP contribution >= 0.6 is 11.6 Å². The lowest BCUT2D eigenvalue weighted by Gasteiger charge is -2.33. The summed E-state index contributed by atoms with van der Waals surface area (Å²) in [6.45, 7) is 6.45. The Hall–Kier alpha value is -1.26. The zero-order chi connectivity index (χ0) is 13.8. The summed E-state index contributed by atoms with van der Waals surface area (Å²) in [6.07, 6.45) is 0. The molecule has 0 radical (unpaired) electrons. The molecule has 1 heterocycles. The van der Waals surface area contributed by atoms with E-state index in [1.807, 2.05) is 24.8 Å². The number of halogens is 1. The fraction of sp³-hybridized carbons (Fsp3) is 0.500. The first-order valence-electron chi connectivity index (χ1n) is 6.47. The standard InChI is InChI=1S/C14H19ClN2O2/c1-10-7-12(3-4-13(10)15)19-9-14(18)17-6-5-16-8-11(17)2/h3-4,7,11,16H,5-6,8-9H2,1-2H3. The number of carbonyl (C=O) groups excluding carboxylic acids is 1. The van der Waals surface area contributed by atoms with E-state index in [2.05, 4.69) is 5.32 Å². The summed E-state index contributed by atoms with van der Waals surface area (Å²) in [5, 5.41) is 3.96. The maximum Gasteiger partial charge on any atom is 0.260 e. The maximum atomic E-state index is 12.1. The zero-order valence-electron chi connectivity index (χ0n) is 11.3. The molecule has 19 heavy (non-hydrogen) atoms. The van der Waals surface area contributed by atoms with Gasteiger partial charge in [0, 0.05) is 30.7 Å². The summed E-state index contributed by atoms with van der Waals surface area (Å²) >= 11 is 5.95. The number of nitrogens with zero attached hydrogens (tertiary/aromatic N) is 1. The van der Waals surface area contributed by atoms with Crippen LogP contribution in [0.25, 0.3) is 0 Å². The van der Waals surface area contributed by atoms with Crippen molar-refractivity contribution >= 4 is 17.5 Å². The van der Waals surface area contributed by atoms with Crippen molar-refractivity contribution in [2.45, 2.75) is 19.9 Å². The summed E-state index contributed by atoms with van der Waals surface area (Å²) in [6, 6.07) is 5.63. The maximum absolute atomic E-state index is 12.1. The molecule has 1 fully saturated rings. The van der Waals surface area contributed by atoms with Crippen LogP contribution in [0.15, 0.2) is 18.2 Å². The summed E-state index contributed by atoms with van der Waals surface area (Å²) in [7, 11) is 0. The van der Waals surface area contributed by atoms with Crippen LogP contribution in [0.5, 0.6) is 5.75 Å². The highest BCUT2D eigenvalue weighted by atomic mass is 35.5. The largest absolute Gasteiger partial charge is 0.484 e. The molecule has 0 aromatic heterocycles. The topological polar surface area (TPSA) is 41.6 Å². The fourth-order valence-corrected chi connectivity index (χ4v) is 2.26. The molecule has 5 heteroatoms. The SMILES string of the molecule is Cc1cc(OCC(=O)N2CCNCC2C)ccc1Cl. The van der Waals surface area contributed by atoms with Gasteiger partial charge in [0.1, 0.15) is 5.75 Å². The van der Waals surface area contributed by atoms with Gasteiger partial charge in [0.25, 0.3) is 5.91 Å². The molecule has 1 aromatic carbocycles. The Kier molecular flexibility index (Phi) is 4.66. The van der Waals surface area contributed by atoms with Gasteiger partial charge >= 0.3 is 0 Å². The summed E-state index contributed by atoms with van der Waals surface area (Å²) < 4.78 is 5.53. The predicted molar refractivity (Wildman–Crippen MR) is 75.7 cm³/mol. The summed E-state index contributed by atoms with van der Waals surface area (Å²) in [5.41, 5.74) is 0.946. The number of carbonyl (C=O) groups is 1. The van der Waals surface area contributed by atoms with Crippen molar-refractivity contribution in [3.8, 4) is 5.75 Å². The Labute approximate surface area is 118 Å². The van der Waals surface area contributed by atoms with Crippen LogP contribution in [0.2, 0.25) is 5.02 Å². The van der Waals surface area contributed by atoms with E-state index < -0.39 is 0 Å². The monoisotopic (exact) mass is 282 g/mol. The molecule has 0 saturated carbocycles. The van der Waals surface area contributed by atoms with E-state index in [1.54, 1.807) is 12.1 Å². The lowest BCUT2D eigenvalue weighted by molar-refractivity contribution is -0.136. The molecular formula is C14H19ClN2O2. The molecule has 4 nitrogen and oxygen atoms in total. The fourth-order valence-electron chi connectivity index (χ4n) is 2.15. The first kappa shape index (κ1) is 14.2. The molecule has 2 rings (SSSR count). The number of hydrogen-bond acceptors (Lipinski definition) is 3. The van der Waals surface area contributed by atoms with E-state index in [0.29, 0.717) is 10.8 Å². The van der Waals surface area contributed by atoms with E-state index in [-0.39, 0.29) is 18.6 Å². The van der Waals surface area contributed by atoms with E-state index in [9.17, 15) is 4.79 Å². The van der Waals surface area contributed by atoms with Crippen LogP contribution in [-0.4, -0.2) is 43.1 Å². The second kappa shape index (κ2) is 6.26. The quantitative estimate of drug-likeness (QED) is 0.920. The Morgan fingerprint density at radius 2 is 2.37 bits per heavy atom. The van der Waals surface area contributed by atoms with E-state index in [4.69, 9.17) is 16.3 Å². The van der Waals surface area contributed by atoms with Crippen molar-refractivity contribution in [2.24, 2.45) is 0 Å². The third-order valence-corrected chi connectivity index (χ3v) is 3.74. The van der Waals surface area contributed by atoms with Crippen LogP contribution < -0.4 is 10.1 Å². The minimum atomic E-state index is 0.0293. The Balaban J connectivity index is 1.90. The number of ether oxygens (including phenoxy) is 1. The van der Waals surface area contributed by atoms with Crippen LogP contribution in [0.4, 0.5) is 0 Å². The lowest BCUT2D eigenvalue weighted by atomic mass is 10.2. The number of amides is 1. The minimum Gasteiger partial charge on any atom is -0.484 e. The van der Waals surface area contributed by atoms with Gasteiger partial charge in [-0.05, 0) is 37.6 Å². The Bertz CT molecular complexity index is 465. The average molecular weight is 283 g/mol. The molecule has 1 aliphatic rings. The lowest BCUT2D eigenvalue weighted by Crippen LogP contribution is -2.53. The molecular weight excluding hydrogens is 264 g/mol.